The molecule has 1 N–H and O–H groups in total. The van der Waals surface area contributed by atoms with Gasteiger partial charge in [0, 0.05) is 24.9 Å². The van der Waals surface area contributed by atoms with E-state index in [2.05, 4.69) is 33.8 Å². The molecule has 0 aliphatic rings. The molecule has 0 saturated heterocycles. The molecule has 3 rings (SSSR count). The fourth-order valence-corrected chi connectivity index (χ4v) is 3.43. The largest absolute Gasteiger partial charge is 0.497 e. The van der Waals surface area contributed by atoms with E-state index in [1.165, 1.54) is 0 Å². The highest BCUT2D eigenvalue weighted by Gasteiger charge is 2.18. The Morgan fingerprint density at radius 2 is 1.94 bits per heavy atom. The number of methoxy groups -OCH3 is 1. The number of fused-ring (bicyclic) bond motifs is 3. The van der Waals surface area contributed by atoms with Crippen molar-refractivity contribution in [2.75, 3.05) is 19.0 Å². The number of benzene rings is 1. The van der Waals surface area contributed by atoms with Crippen molar-refractivity contribution in [3.8, 4) is 5.75 Å². The van der Waals surface area contributed by atoms with Gasteiger partial charge in [-0.15, -0.1) is 10.2 Å². The molecule has 0 spiro atoms. The number of hydrogen-bond acceptors (Lipinski definition) is 7. The monoisotopic (exact) mass is 427 g/mol. The Kier molecular flexibility index (Phi) is 6.97. The summed E-state index contributed by atoms with van der Waals surface area (Å²) in [5, 5.41) is 12.2. The number of carbonyl (C=O) groups excluding carboxylic acids is 1. The molecule has 8 nitrogen and oxygen atoms in total. The minimum absolute atomic E-state index is 0.142. The molecule has 0 fully saturated rings. The van der Waals surface area contributed by atoms with Gasteiger partial charge < -0.3 is 14.8 Å². The second-order valence-electron chi connectivity index (χ2n) is 9.01. The second kappa shape index (κ2) is 9.49. The molecule has 31 heavy (non-hydrogen) atoms. The van der Waals surface area contributed by atoms with Gasteiger partial charge in [-0.25, -0.2) is 4.98 Å². The number of hydrogen-bond donors (Lipinski definition) is 1. The first-order valence-electron chi connectivity index (χ1n) is 10.9. The predicted octanol–water partition coefficient (Wildman–Crippen LogP) is 4.72. The van der Waals surface area contributed by atoms with E-state index in [0.717, 1.165) is 54.1 Å². The summed E-state index contributed by atoms with van der Waals surface area (Å²) >= 11 is 0. The Balaban J connectivity index is 1.69. The van der Waals surface area contributed by atoms with Crippen LogP contribution >= 0.6 is 0 Å². The lowest BCUT2D eigenvalue weighted by atomic mass is 10.1. The van der Waals surface area contributed by atoms with E-state index in [0.29, 0.717) is 12.2 Å². The summed E-state index contributed by atoms with van der Waals surface area (Å²) in [6.45, 7) is 10.6. The fourth-order valence-electron chi connectivity index (χ4n) is 3.43. The Labute approximate surface area is 183 Å². The number of ether oxygens (including phenoxy) is 2. The van der Waals surface area contributed by atoms with Crippen LogP contribution in [0.15, 0.2) is 18.2 Å². The Hall–Kier alpha value is -2.90. The molecule has 3 aromatic rings. The van der Waals surface area contributed by atoms with Crippen LogP contribution in [0.4, 0.5) is 5.82 Å². The molecule has 0 aliphatic carbocycles. The van der Waals surface area contributed by atoms with Gasteiger partial charge in [0.2, 0.25) is 5.65 Å². The number of esters is 1. The fraction of sp³-hybridized carbons (Fsp3) is 0.565. The predicted molar refractivity (Wildman–Crippen MR) is 122 cm³/mol. The van der Waals surface area contributed by atoms with E-state index in [1.54, 1.807) is 7.11 Å². The summed E-state index contributed by atoms with van der Waals surface area (Å²) < 4.78 is 12.8. The summed E-state index contributed by atoms with van der Waals surface area (Å²) in [7, 11) is 1.65. The van der Waals surface area contributed by atoms with E-state index in [4.69, 9.17) is 14.5 Å². The van der Waals surface area contributed by atoms with Gasteiger partial charge in [0.25, 0.3) is 0 Å². The summed E-state index contributed by atoms with van der Waals surface area (Å²) in [5.41, 5.74) is 2.06. The van der Waals surface area contributed by atoms with E-state index in [-0.39, 0.29) is 11.9 Å². The average Bonchev–Trinajstić information content (AvgIpc) is 3.14. The number of carbonyl (C=O) groups is 1. The molecule has 0 atom stereocenters. The number of nitrogens with zero attached hydrogens (tertiary/aromatic N) is 4. The molecule has 168 valence electrons. The van der Waals surface area contributed by atoms with Gasteiger partial charge in [0.1, 0.15) is 17.2 Å². The highest BCUT2D eigenvalue weighted by molar-refractivity contribution is 5.84. The van der Waals surface area contributed by atoms with E-state index < -0.39 is 5.60 Å². The molecule has 0 aliphatic heterocycles. The van der Waals surface area contributed by atoms with Crippen LogP contribution < -0.4 is 10.1 Å². The van der Waals surface area contributed by atoms with Crippen LogP contribution in [0, 0.1) is 0 Å². The van der Waals surface area contributed by atoms with Crippen molar-refractivity contribution >= 4 is 28.5 Å². The van der Waals surface area contributed by atoms with Crippen LogP contribution in [-0.4, -0.2) is 44.8 Å². The average molecular weight is 428 g/mol. The summed E-state index contributed by atoms with van der Waals surface area (Å²) in [4.78, 5) is 16.6. The molecule has 2 aromatic heterocycles. The minimum Gasteiger partial charge on any atom is -0.497 e. The third-order valence-electron chi connectivity index (χ3n) is 4.84. The van der Waals surface area contributed by atoms with E-state index in [9.17, 15) is 4.79 Å². The quantitative estimate of drug-likeness (QED) is 0.390. The van der Waals surface area contributed by atoms with E-state index in [1.807, 2.05) is 39.0 Å². The highest BCUT2D eigenvalue weighted by atomic mass is 16.6. The molecule has 0 saturated carbocycles. The first kappa shape index (κ1) is 22.8. The van der Waals surface area contributed by atoms with Gasteiger partial charge in [-0.1, -0.05) is 20.3 Å². The van der Waals surface area contributed by atoms with Crippen LogP contribution in [0.2, 0.25) is 0 Å². The van der Waals surface area contributed by atoms with Crippen molar-refractivity contribution in [3.63, 3.8) is 0 Å². The van der Waals surface area contributed by atoms with Gasteiger partial charge in [0.05, 0.1) is 18.1 Å². The second-order valence-corrected chi connectivity index (χ2v) is 9.01. The SMILES string of the molecule is COc1ccc2c(c1)nc(NCCCCCC(=O)OC(C)(C)C)c1nnc(C(C)C)n12. The number of aromatic nitrogens is 4. The first-order chi connectivity index (χ1) is 14.7. The van der Waals surface area contributed by atoms with Crippen molar-refractivity contribution in [1.82, 2.24) is 19.6 Å². The summed E-state index contributed by atoms with van der Waals surface area (Å²) in [6.07, 6.45) is 3.08. The van der Waals surface area contributed by atoms with Gasteiger partial charge in [-0.3, -0.25) is 9.20 Å². The van der Waals surface area contributed by atoms with Gasteiger partial charge in [0.15, 0.2) is 5.82 Å². The zero-order chi connectivity index (χ0) is 22.6. The van der Waals surface area contributed by atoms with Crippen LogP contribution in [0.3, 0.4) is 0 Å². The van der Waals surface area contributed by atoms with Crippen LogP contribution in [0.1, 0.15) is 72.0 Å². The van der Waals surface area contributed by atoms with Crippen molar-refractivity contribution in [2.24, 2.45) is 0 Å². The van der Waals surface area contributed by atoms with E-state index >= 15 is 0 Å². The lowest BCUT2D eigenvalue weighted by Gasteiger charge is -2.19. The maximum absolute atomic E-state index is 11.8. The van der Waals surface area contributed by atoms with Crippen LogP contribution in [-0.2, 0) is 9.53 Å². The molecule has 0 amide bonds. The van der Waals surface area contributed by atoms with Crippen LogP contribution in [0.25, 0.3) is 16.7 Å². The maximum atomic E-state index is 11.8. The lowest BCUT2D eigenvalue weighted by Crippen LogP contribution is -2.23. The Morgan fingerprint density at radius 1 is 1.16 bits per heavy atom. The topological polar surface area (TPSA) is 90.6 Å². The van der Waals surface area contributed by atoms with Gasteiger partial charge in [-0.05, 0) is 45.7 Å². The molecule has 8 heteroatoms. The maximum Gasteiger partial charge on any atom is 0.306 e. The molecule has 0 unspecified atom stereocenters. The normalized spacial score (nSPS) is 12.0. The smallest absolute Gasteiger partial charge is 0.306 e. The standard InChI is InChI=1S/C23H33N5O3/c1-15(2)21-26-27-22-20(24-13-9-7-8-10-19(29)31-23(3,4)5)25-17-14-16(30-6)11-12-18(17)28(21)22/h11-12,14-15H,7-10,13H2,1-6H3,(H,24,25). The molecule has 1 aromatic carbocycles. The lowest BCUT2D eigenvalue weighted by molar-refractivity contribution is -0.154. The number of nitrogens with one attached hydrogen (secondary N) is 1. The van der Waals surface area contributed by atoms with Crippen molar-refractivity contribution in [3.05, 3.63) is 24.0 Å². The third-order valence-corrected chi connectivity index (χ3v) is 4.84. The van der Waals surface area contributed by atoms with Crippen molar-refractivity contribution in [1.29, 1.82) is 0 Å². The number of rotatable bonds is 9. The highest BCUT2D eigenvalue weighted by Crippen LogP contribution is 2.27. The van der Waals surface area contributed by atoms with Crippen molar-refractivity contribution < 1.29 is 14.3 Å². The zero-order valence-electron chi connectivity index (χ0n) is 19.4. The molecule has 0 bridgehead atoms. The number of unbranched alkanes of at least 4 members (excludes halogenated alkanes) is 2. The third kappa shape index (κ3) is 5.62. The summed E-state index contributed by atoms with van der Waals surface area (Å²) in [5.74, 6) is 2.44. The van der Waals surface area contributed by atoms with Crippen molar-refractivity contribution in [2.45, 2.75) is 71.8 Å². The van der Waals surface area contributed by atoms with Gasteiger partial charge in [-0.2, -0.15) is 0 Å². The Morgan fingerprint density at radius 3 is 2.61 bits per heavy atom. The molecule has 2 heterocycles. The number of anilines is 1. The molecular weight excluding hydrogens is 394 g/mol. The Bertz CT molecular complexity index is 1050. The zero-order valence-corrected chi connectivity index (χ0v) is 19.4. The first-order valence-corrected chi connectivity index (χ1v) is 10.9. The summed E-state index contributed by atoms with van der Waals surface area (Å²) in [6, 6.07) is 5.83. The molecular formula is C23H33N5O3. The molecule has 0 radical (unpaired) electrons. The minimum atomic E-state index is -0.429. The van der Waals surface area contributed by atoms with Gasteiger partial charge >= 0.3 is 5.97 Å². The van der Waals surface area contributed by atoms with Crippen LogP contribution in [0.5, 0.6) is 5.75 Å².